The van der Waals surface area contributed by atoms with Gasteiger partial charge in [-0.25, -0.2) is 0 Å². The van der Waals surface area contributed by atoms with Crippen molar-refractivity contribution in [2.24, 2.45) is 0 Å². The van der Waals surface area contributed by atoms with E-state index in [1.165, 1.54) is 250 Å². The fourth-order valence-electron chi connectivity index (χ4n) is 10.7. The van der Waals surface area contributed by atoms with Crippen LogP contribution in [0.5, 0.6) is 0 Å². The Balaban J connectivity index is 4.32. The highest BCUT2D eigenvalue weighted by molar-refractivity contribution is 5.71. The normalized spacial score (nSPS) is 12.5. The van der Waals surface area contributed by atoms with Gasteiger partial charge in [0.25, 0.3) is 0 Å². The first-order valence-electron chi connectivity index (χ1n) is 36.4. The molecule has 0 aliphatic heterocycles. The van der Waals surface area contributed by atoms with Crippen molar-refractivity contribution in [2.45, 2.75) is 386 Å². The largest absolute Gasteiger partial charge is 0.462 e. The number of ether oxygens (including phenoxy) is 3. The van der Waals surface area contributed by atoms with Crippen LogP contribution < -0.4 is 0 Å². The maximum Gasteiger partial charge on any atom is 0.306 e. The standard InChI is InChI=1S/C77H138O6/c1-4-7-10-13-16-19-22-25-28-31-34-35-36-37-38-39-40-41-44-46-49-52-55-58-61-64-67-70-76(79)82-73-74(83-77(80)71-68-65-62-59-56-53-50-47-43-33-30-27-24-21-18-15-12-9-6-3)72-81-75(78)69-66-63-60-57-54-51-48-45-42-32-29-26-23-20-17-14-11-8-5-2/h17-18,20-21,26-27,29-31,34,43,47,74H,4-16,19,22-25,28,32-33,35-42,44-46,48-73H2,1-3H3/b20-17-,21-18-,29-26-,30-27-,34-31-,47-43-. The summed E-state index contributed by atoms with van der Waals surface area (Å²) >= 11 is 0. The zero-order valence-electron chi connectivity index (χ0n) is 55.5. The van der Waals surface area contributed by atoms with Crippen LogP contribution in [0.2, 0.25) is 0 Å². The molecule has 6 heteroatoms. The fraction of sp³-hybridized carbons (Fsp3) is 0.805. The summed E-state index contributed by atoms with van der Waals surface area (Å²) in [6.07, 6.45) is 93.6. The topological polar surface area (TPSA) is 78.9 Å². The van der Waals surface area contributed by atoms with E-state index in [1.54, 1.807) is 0 Å². The van der Waals surface area contributed by atoms with E-state index in [0.717, 1.165) is 89.9 Å². The molecular weight excluding hydrogens is 1020 g/mol. The first-order valence-corrected chi connectivity index (χ1v) is 36.4. The predicted octanol–water partition coefficient (Wildman–Crippen LogP) is 25.2. The van der Waals surface area contributed by atoms with Gasteiger partial charge in [-0.1, -0.05) is 318 Å². The molecule has 0 amide bonds. The lowest BCUT2D eigenvalue weighted by molar-refractivity contribution is -0.167. The van der Waals surface area contributed by atoms with Crippen LogP contribution in [-0.4, -0.2) is 37.2 Å². The molecule has 0 saturated carbocycles. The average molecular weight is 1160 g/mol. The number of unbranched alkanes of at least 4 members (excludes halogenated alkanes) is 44. The van der Waals surface area contributed by atoms with Gasteiger partial charge in [0.1, 0.15) is 13.2 Å². The van der Waals surface area contributed by atoms with Crippen molar-refractivity contribution >= 4 is 17.9 Å². The summed E-state index contributed by atoms with van der Waals surface area (Å²) in [6.45, 7) is 6.63. The maximum atomic E-state index is 13.0. The van der Waals surface area contributed by atoms with Crippen LogP contribution >= 0.6 is 0 Å². The zero-order chi connectivity index (χ0) is 59.9. The van der Waals surface area contributed by atoms with Crippen LogP contribution in [0.3, 0.4) is 0 Å². The van der Waals surface area contributed by atoms with Gasteiger partial charge in [0.05, 0.1) is 0 Å². The van der Waals surface area contributed by atoms with Gasteiger partial charge in [-0.2, -0.15) is 0 Å². The first kappa shape index (κ1) is 79.8. The molecule has 0 N–H and O–H groups in total. The molecule has 0 rings (SSSR count). The Labute approximate surface area is 516 Å². The lowest BCUT2D eigenvalue weighted by Gasteiger charge is -2.18. The Morgan fingerprint density at radius 2 is 0.434 bits per heavy atom. The molecule has 83 heavy (non-hydrogen) atoms. The zero-order valence-corrected chi connectivity index (χ0v) is 55.5. The molecule has 0 spiro atoms. The number of rotatable bonds is 67. The van der Waals surface area contributed by atoms with E-state index >= 15 is 0 Å². The van der Waals surface area contributed by atoms with Crippen LogP contribution in [-0.2, 0) is 28.6 Å². The highest BCUT2D eigenvalue weighted by Gasteiger charge is 2.19. The maximum absolute atomic E-state index is 13.0. The van der Waals surface area contributed by atoms with E-state index < -0.39 is 6.10 Å². The summed E-state index contributed by atoms with van der Waals surface area (Å²) in [5.74, 6) is -0.874. The molecule has 0 aromatic rings. The molecule has 0 radical (unpaired) electrons. The summed E-state index contributed by atoms with van der Waals surface area (Å²) in [4.78, 5) is 38.5. The van der Waals surface area contributed by atoms with E-state index in [0.29, 0.717) is 19.3 Å². The molecule has 0 saturated heterocycles. The highest BCUT2D eigenvalue weighted by Crippen LogP contribution is 2.18. The molecule has 0 fully saturated rings. The minimum atomic E-state index is -0.786. The smallest absolute Gasteiger partial charge is 0.306 e. The first-order chi connectivity index (χ1) is 41.0. The second-order valence-corrected chi connectivity index (χ2v) is 24.5. The molecule has 6 nitrogen and oxygen atoms in total. The fourth-order valence-corrected chi connectivity index (χ4v) is 10.7. The van der Waals surface area contributed by atoms with Gasteiger partial charge in [0, 0.05) is 19.3 Å². The third kappa shape index (κ3) is 69.5. The summed E-state index contributed by atoms with van der Waals surface area (Å²) in [6, 6.07) is 0. The Kier molecular flexibility index (Phi) is 68.6. The summed E-state index contributed by atoms with van der Waals surface area (Å²) in [7, 11) is 0. The van der Waals surface area contributed by atoms with Gasteiger partial charge in [-0.05, 0) is 116 Å². The minimum absolute atomic E-state index is 0.0794. The molecule has 482 valence electrons. The lowest BCUT2D eigenvalue weighted by Crippen LogP contribution is -2.30. The monoisotopic (exact) mass is 1160 g/mol. The quantitative estimate of drug-likeness (QED) is 0.0261. The summed E-state index contributed by atoms with van der Waals surface area (Å²) in [5, 5.41) is 0. The van der Waals surface area contributed by atoms with E-state index in [1.807, 2.05) is 0 Å². The molecule has 0 aromatic heterocycles. The highest BCUT2D eigenvalue weighted by atomic mass is 16.6. The van der Waals surface area contributed by atoms with Crippen molar-refractivity contribution in [1.29, 1.82) is 0 Å². The van der Waals surface area contributed by atoms with Crippen molar-refractivity contribution in [3.8, 4) is 0 Å². The molecule has 0 aromatic carbocycles. The van der Waals surface area contributed by atoms with E-state index in [2.05, 4.69) is 93.7 Å². The number of hydrogen-bond acceptors (Lipinski definition) is 6. The molecule has 0 aliphatic rings. The second-order valence-electron chi connectivity index (χ2n) is 24.5. The number of hydrogen-bond donors (Lipinski definition) is 0. The molecule has 0 aliphatic carbocycles. The Hall–Kier alpha value is -3.15. The van der Waals surface area contributed by atoms with E-state index in [-0.39, 0.29) is 31.1 Å². The molecule has 1 atom stereocenters. The van der Waals surface area contributed by atoms with Gasteiger partial charge in [0.15, 0.2) is 6.10 Å². The molecule has 1 unspecified atom stereocenters. The van der Waals surface area contributed by atoms with Gasteiger partial charge < -0.3 is 14.2 Å². The van der Waals surface area contributed by atoms with Crippen LogP contribution in [0.1, 0.15) is 380 Å². The second kappa shape index (κ2) is 71.3. The summed E-state index contributed by atoms with van der Waals surface area (Å²) < 4.78 is 17.0. The van der Waals surface area contributed by atoms with Crippen molar-refractivity contribution < 1.29 is 28.6 Å². The van der Waals surface area contributed by atoms with E-state index in [9.17, 15) is 14.4 Å². The predicted molar refractivity (Wildman–Crippen MR) is 362 cm³/mol. The number of esters is 3. The SMILES string of the molecule is CCCCC/C=C\C/C=C\C/C=C\CCCCCCCCC(=O)OC(COC(=O)CCCCCCCCCCC/C=C\C/C=C\CCCCC)COC(=O)CCCCCCCCCCCCCCCCC/C=C\CCCCCCCCCC. The molecule has 0 bridgehead atoms. The van der Waals surface area contributed by atoms with Gasteiger partial charge >= 0.3 is 17.9 Å². The average Bonchev–Trinajstić information content (AvgIpc) is 3.50. The lowest BCUT2D eigenvalue weighted by atomic mass is 10.0. The van der Waals surface area contributed by atoms with Crippen molar-refractivity contribution in [2.75, 3.05) is 13.2 Å². The van der Waals surface area contributed by atoms with Crippen LogP contribution in [0.25, 0.3) is 0 Å². The van der Waals surface area contributed by atoms with Gasteiger partial charge in [-0.3, -0.25) is 14.4 Å². The van der Waals surface area contributed by atoms with Crippen molar-refractivity contribution in [3.05, 3.63) is 72.9 Å². The number of allylic oxidation sites excluding steroid dienone is 12. The molecular formula is C77H138O6. The van der Waals surface area contributed by atoms with Crippen LogP contribution in [0, 0.1) is 0 Å². The van der Waals surface area contributed by atoms with Crippen molar-refractivity contribution in [3.63, 3.8) is 0 Å². The van der Waals surface area contributed by atoms with Crippen LogP contribution in [0.4, 0.5) is 0 Å². The van der Waals surface area contributed by atoms with Gasteiger partial charge in [-0.15, -0.1) is 0 Å². The Bertz CT molecular complexity index is 1520. The number of carbonyl (C=O) groups is 3. The third-order valence-corrected chi connectivity index (χ3v) is 16.2. The van der Waals surface area contributed by atoms with E-state index in [4.69, 9.17) is 14.2 Å². The van der Waals surface area contributed by atoms with Crippen LogP contribution in [0.15, 0.2) is 72.9 Å². The minimum Gasteiger partial charge on any atom is -0.462 e. The van der Waals surface area contributed by atoms with Gasteiger partial charge in [0.2, 0.25) is 0 Å². The third-order valence-electron chi connectivity index (χ3n) is 16.2. The Morgan fingerprint density at radius 3 is 0.711 bits per heavy atom. The summed E-state index contributed by atoms with van der Waals surface area (Å²) in [5.41, 5.74) is 0. The molecule has 0 heterocycles. The number of carbonyl (C=O) groups excluding carboxylic acids is 3. The van der Waals surface area contributed by atoms with Crippen molar-refractivity contribution in [1.82, 2.24) is 0 Å². The Morgan fingerprint density at radius 1 is 0.241 bits per heavy atom.